The van der Waals surface area contributed by atoms with Gasteiger partial charge in [0, 0.05) is 12.5 Å². The summed E-state index contributed by atoms with van der Waals surface area (Å²) in [6.45, 7) is 7.66. The van der Waals surface area contributed by atoms with E-state index in [1.165, 1.54) is 13.2 Å². The zero-order valence-corrected chi connectivity index (χ0v) is 16.8. The summed E-state index contributed by atoms with van der Waals surface area (Å²) in [5, 5.41) is 17.6. The van der Waals surface area contributed by atoms with E-state index in [0.717, 1.165) is 24.2 Å². The molecule has 1 aliphatic rings. The van der Waals surface area contributed by atoms with E-state index >= 15 is 0 Å². The van der Waals surface area contributed by atoms with Gasteiger partial charge < -0.3 is 14.4 Å². The SMILES string of the molecule is C=C/C=C\C=C/C.COc1cc(C(=O)O)ccc1-c1nnc(C2(C)CC2)n1C. The minimum atomic E-state index is -0.982. The summed E-state index contributed by atoms with van der Waals surface area (Å²) in [5.74, 6) is 1.15. The van der Waals surface area contributed by atoms with Crippen molar-refractivity contribution in [1.82, 2.24) is 14.8 Å². The van der Waals surface area contributed by atoms with E-state index in [1.54, 1.807) is 18.2 Å². The molecule has 1 fully saturated rings. The lowest BCUT2D eigenvalue weighted by Gasteiger charge is -2.11. The van der Waals surface area contributed by atoms with E-state index in [9.17, 15) is 4.79 Å². The van der Waals surface area contributed by atoms with Crippen LogP contribution in [0, 0.1) is 0 Å². The molecule has 0 aliphatic heterocycles. The summed E-state index contributed by atoms with van der Waals surface area (Å²) in [7, 11) is 3.45. The highest BCUT2D eigenvalue weighted by atomic mass is 16.5. The number of rotatable bonds is 6. The number of ether oxygens (including phenoxy) is 1. The van der Waals surface area contributed by atoms with Crippen LogP contribution in [0.5, 0.6) is 5.75 Å². The second-order valence-corrected chi connectivity index (χ2v) is 6.83. The van der Waals surface area contributed by atoms with E-state index in [1.807, 2.05) is 42.8 Å². The third kappa shape index (κ3) is 4.76. The van der Waals surface area contributed by atoms with Gasteiger partial charge in [-0.25, -0.2) is 4.79 Å². The summed E-state index contributed by atoms with van der Waals surface area (Å²) in [5.41, 5.74) is 1.05. The van der Waals surface area contributed by atoms with Crippen LogP contribution >= 0.6 is 0 Å². The van der Waals surface area contributed by atoms with Crippen LogP contribution in [-0.2, 0) is 12.5 Å². The van der Waals surface area contributed by atoms with Gasteiger partial charge in [0.1, 0.15) is 11.6 Å². The largest absolute Gasteiger partial charge is 0.496 e. The van der Waals surface area contributed by atoms with Crippen molar-refractivity contribution in [3.05, 3.63) is 66.5 Å². The number of hydrogen-bond donors (Lipinski definition) is 1. The number of nitrogens with zero attached hydrogens (tertiary/aromatic N) is 3. The van der Waals surface area contributed by atoms with Gasteiger partial charge in [0.15, 0.2) is 5.82 Å². The lowest BCUT2D eigenvalue weighted by molar-refractivity contribution is 0.0696. The maximum Gasteiger partial charge on any atom is 0.335 e. The van der Waals surface area contributed by atoms with E-state index in [2.05, 4.69) is 23.7 Å². The molecule has 1 N–H and O–H groups in total. The molecule has 6 heteroatoms. The molecule has 1 aromatic carbocycles. The Morgan fingerprint density at radius 1 is 1.29 bits per heavy atom. The number of allylic oxidation sites excluding steroid dienone is 5. The van der Waals surface area contributed by atoms with Crippen molar-refractivity contribution in [3.8, 4) is 17.1 Å². The summed E-state index contributed by atoms with van der Waals surface area (Å²) >= 11 is 0. The molecule has 2 aromatic rings. The van der Waals surface area contributed by atoms with Crippen molar-refractivity contribution in [2.24, 2.45) is 7.05 Å². The fourth-order valence-corrected chi connectivity index (χ4v) is 2.76. The second kappa shape index (κ2) is 9.17. The highest BCUT2D eigenvalue weighted by molar-refractivity contribution is 5.89. The van der Waals surface area contributed by atoms with Crippen molar-refractivity contribution < 1.29 is 14.6 Å². The fourth-order valence-electron chi connectivity index (χ4n) is 2.76. The number of carboxylic acid groups (broad SMARTS) is 1. The molecule has 148 valence electrons. The Morgan fingerprint density at radius 3 is 2.54 bits per heavy atom. The molecule has 1 saturated carbocycles. The predicted molar refractivity (Wildman–Crippen MR) is 111 cm³/mol. The number of hydrogen-bond acceptors (Lipinski definition) is 4. The number of carbonyl (C=O) groups is 1. The Bertz CT molecular complexity index is 906. The molecule has 1 aromatic heterocycles. The highest BCUT2D eigenvalue weighted by Gasteiger charge is 2.43. The third-order valence-corrected chi connectivity index (χ3v) is 4.65. The molecular weight excluding hydrogens is 354 g/mol. The van der Waals surface area contributed by atoms with Gasteiger partial charge in [-0.1, -0.05) is 43.9 Å². The topological polar surface area (TPSA) is 77.2 Å². The van der Waals surface area contributed by atoms with Crippen LogP contribution in [-0.4, -0.2) is 33.0 Å². The fraction of sp³-hybridized carbons (Fsp3) is 0.318. The maximum absolute atomic E-state index is 11.0. The van der Waals surface area contributed by atoms with Crippen LogP contribution in [0.25, 0.3) is 11.4 Å². The predicted octanol–water partition coefficient (Wildman–Crippen LogP) is 4.55. The Labute approximate surface area is 165 Å². The van der Waals surface area contributed by atoms with Crippen molar-refractivity contribution in [3.63, 3.8) is 0 Å². The Morgan fingerprint density at radius 2 is 2.00 bits per heavy atom. The normalized spacial score (nSPS) is 14.6. The van der Waals surface area contributed by atoms with E-state index < -0.39 is 5.97 Å². The first-order valence-electron chi connectivity index (χ1n) is 9.10. The van der Waals surface area contributed by atoms with Gasteiger partial charge in [0.25, 0.3) is 0 Å². The summed E-state index contributed by atoms with van der Waals surface area (Å²) in [6, 6.07) is 4.77. The summed E-state index contributed by atoms with van der Waals surface area (Å²) < 4.78 is 7.28. The van der Waals surface area contributed by atoms with E-state index in [0.29, 0.717) is 11.6 Å². The average molecular weight is 381 g/mol. The van der Waals surface area contributed by atoms with Crippen LogP contribution in [0.4, 0.5) is 0 Å². The first-order valence-corrected chi connectivity index (χ1v) is 9.10. The van der Waals surface area contributed by atoms with Gasteiger partial charge in [-0.15, -0.1) is 10.2 Å². The van der Waals surface area contributed by atoms with Crippen LogP contribution in [0.3, 0.4) is 0 Å². The van der Waals surface area contributed by atoms with Crippen LogP contribution in [0.2, 0.25) is 0 Å². The monoisotopic (exact) mass is 381 g/mol. The standard InChI is InChI=1S/C15H17N3O3.C7H10/c1-15(6-7-15)14-17-16-12(18(14)2)10-5-4-9(13(19)20)8-11(10)21-3;1-3-5-7-6-4-2/h4-5,8H,6-7H2,1-3H3,(H,19,20);3-7H,1H2,2H3/b;6-4-,7-5-. The molecule has 0 amide bonds. The molecule has 1 heterocycles. The number of methoxy groups -OCH3 is 1. The van der Waals surface area contributed by atoms with E-state index in [-0.39, 0.29) is 11.0 Å². The Hall–Kier alpha value is -3.15. The number of aromatic nitrogens is 3. The smallest absolute Gasteiger partial charge is 0.335 e. The van der Waals surface area contributed by atoms with Crippen molar-refractivity contribution >= 4 is 5.97 Å². The van der Waals surface area contributed by atoms with Gasteiger partial charge in [0.05, 0.1) is 18.2 Å². The zero-order valence-electron chi connectivity index (χ0n) is 16.8. The molecule has 3 rings (SSSR count). The molecule has 28 heavy (non-hydrogen) atoms. The molecule has 0 radical (unpaired) electrons. The van der Waals surface area contributed by atoms with Gasteiger partial charge in [-0.3, -0.25) is 0 Å². The highest BCUT2D eigenvalue weighted by Crippen LogP contribution is 2.47. The third-order valence-electron chi connectivity index (χ3n) is 4.65. The number of carboxylic acids is 1. The Balaban J connectivity index is 0.000000345. The minimum Gasteiger partial charge on any atom is -0.496 e. The van der Waals surface area contributed by atoms with Crippen molar-refractivity contribution in [2.45, 2.75) is 32.1 Å². The molecule has 0 unspecified atom stereocenters. The summed E-state index contributed by atoms with van der Waals surface area (Å²) in [4.78, 5) is 11.0. The molecule has 1 aliphatic carbocycles. The minimum absolute atomic E-state index is 0.119. The van der Waals surface area contributed by atoms with Crippen molar-refractivity contribution in [1.29, 1.82) is 0 Å². The molecule has 6 nitrogen and oxygen atoms in total. The molecule has 0 spiro atoms. The first-order chi connectivity index (χ1) is 13.4. The first kappa shape index (κ1) is 21.2. The summed E-state index contributed by atoms with van der Waals surface area (Å²) in [6.07, 6.45) is 11.7. The van der Waals surface area contributed by atoms with Crippen LogP contribution in [0.15, 0.2) is 55.2 Å². The van der Waals surface area contributed by atoms with E-state index in [4.69, 9.17) is 9.84 Å². The Kier molecular flexibility index (Phi) is 6.93. The maximum atomic E-state index is 11.0. The van der Waals surface area contributed by atoms with Gasteiger partial charge in [-0.05, 0) is 38.0 Å². The zero-order chi connectivity index (χ0) is 20.7. The molecule has 0 atom stereocenters. The quantitative estimate of drug-likeness (QED) is 0.743. The van der Waals surface area contributed by atoms with Gasteiger partial charge in [-0.2, -0.15) is 0 Å². The number of aromatic carboxylic acids is 1. The average Bonchev–Trinajstić information content (AvgIpc) is 3.31. The molecule has 0 bridgehead atoms. The number of benzene rings is 1. The lowest BCUT2D eigenvalue weighted by atomic mass is 10.1. The van der Waals surface area contributed by atoms with Crippen molar-refractivity contribution in [2.75, 3.05) is 7.11 Å². The molecule has 0 saturated heterocycles. The van der Waals surface area contributed by atoms with Gasteiger partial charge in [0.2, 0.25) is 0 Å². The van der Waals surface area contributed by atoms with Gasteiger partial charge >= 0.3 is 5.97 Å². The van der Waals surface area contributed by atoms with Crippen LogP contribution < -0.4 is 4.74 Å². The lowest BCUT2D eigenvalue weighted by Crippen LogP contribution is -2.09. The molecular formula is C22H27N3O3. The van der Waals surface area contributed by atoms with Crippen LogP contribution in [0.1, 0.15) is 42.9 Å². The second-order valence-electron chi connectivity index (χ2n) is 6.83.